The Morgan fingerprint density at radius 2 is 2.47 bits per heavy atom. The first-order valence-corrected chi connectivity index (χ1v) is 6.29. The minimum atomic E-state index is -0.680. The highest BCUT2D eigenvalue weighted by atomic mass is 79.9. The molecule has 1 aromatic heterocycles. The van der Waals surface area contributed by atoms with Gasteiger partial charge < -0.3 is 20.5 Å². The fourth-order valence-corrected chi connectivity index (χ4v) is 1.72. The second kappa shape index (κ2) is 6.67. The second-order valence-corrected chi connectivity index (χ2v) is 4.37. The highest BCUT2D eigenvalue weighted by molar-refractivity contribution is 9.09. The molecule has 8 heteroatoms. The zero-order valence-corrected chi connectivity index (χ0v) is 11.1. The maximum Gasteiger partial charge on any atom is 0.342 e. The first-order chi connectivity index (χ1) is 8.06. The quantitative estimate of drug-likeness (QED) is 0.330. The molecular weight excluding hydrogens is 292 g/mol. The summed E-state index contributed by atoms with van der Waals surface area (Å²) < 4.78 is 1.40. The van der Waals surface area contributed by atoms with Crippen LogP contribution >= 0.6 is 15.9 Å². The van der Waals surface area contributed by atoms with Crippen molar-refractivity contribution >= 4 is 21.7 Å². The number of aromatic nitrogens is 2. The molecule has 0 fully saturated rings. The van der Waals surface area contributed by atoms with Gasteiger partial charge >= 0.3 is 5.82 Å². The van der Waals surface area contributed by atoms with Gasteiger partial charge in [-0.3, -0.25) is 0 Å². The Bertz CT molecular complexity index is 382. The van der Waals surface area contributed by atoms with Crippen molar-refractivity contribution in [1.82, 2.24) is 14.9 Å². The number of nitrogens with one attached hydrogen (secondary N) is 1. The van der Waals surface area contributed by atoms with Gasteiger partial charge in [0.15, 0.2) is 5.82 Å². The highest BCUT2D eigenvalue weighted by Crippen LogP contribution is 2.13. The van der Waals surface area contributed by atoms with Crippen molar-refractivity contribution in [1.29, 1.82) is 0 Å². The Morgan fingerprint density at radius 3 is 3.06 bits per heavy atom. The molecule has 0 saturated heterocycles. The van der Waals surface area contributed by atoms with Gasteiger partial charge in [0.1, 0.15) is 18.8 Å². The van der Waals surface area contributed by atoms with E-state index in [4.69, 9.17) is 0 Å². The van der Waals surface area contributed by atoms with Crippen molar-refractivity contribution in [3.8, 4) is 0 Å². The summed E-state index contributed by atoms with van der Waals surface area (Å²) in [6, 6.07) is 0. The fourth-order valence-electron chi connectivity index (χ4n) is 1.44. The van der Waals surface area contributed by atoms with Crippen LogP contribution in [-0.2, 0) is 6.54 Å². The van der Waals surface area contributed by atoms with E-state index < -0.39 is 11.0 Å². The third kappa shape index (κ3) is 4.06. The van der Waals surface area contributed by atoms with Crippen molar-refractivity contribution in [2.24, 2.45) is 0 Å². The molecule has 0 aliphatic rings. The average molecular weight is 307 g/mol. The van der Waals surface area contributed by atoms with Crippen LogP contribution in [0.3, 0.4) is 0 Å². The van der Waals surface area contributed by atoms with Gasteiger partial charge in [-0.05, 0) is 4.92 Å². The van der Waals surface area contributed by atoms with Gasteiger partial charge in [-0.25, -0.2) is 9.55 Å². The largest absolute Gasteiger partial charge is 0.388 e. The number of alkyl halides is 1. The summed E-state index contributed by atoms with van der Waals surface area (Å²) in [5.41, 5.74) is 0. The van der Waals surface area contributed by atoms with Crippen molar-refractivity contribution in [2.75, 3.05) is 18.4 Å². The van der Waals surface area contributed by atoms with E-state index in [2.05, 4.69) is 26.2 Å². The number of rotatable bonds is 7. The van der Waals surface area contributed by atoms with E-state index in [1.807, 2.05) is 0 Å². The normalized spacial score (nSPS) is 12.6. The molecule has 0 spiro atoms. The molecule has 96 valence electrons. The van der Waals surface area contributed by atoms with Crippen LogP contribution in [0.4, 0.5) is 5.82 Å². The smallest absolute Gasteiger partial charge is 0.342 e. The van der Waals surface area contributed by atoms with Crippen molar-refractivity contribution in [3.05, 3.63) is 22.1 Å². The number of hydrogen-bond donors (Lipinski definition) is 2. The number of hydrogen-bond acceptors (Lipinski definition) is 5. The first kappa shape index (κ1) is 14.1. The lowest BCUT2D eigenvalue weighted by molar-refractivity contribution is -0.392. The number of aliphatic hydroxyl groups excluding tert-OH is 1. The molecule has 17 heavy (non-hydrogen) atoms. The van der Waals surface area contributed by atoms with Crippen LogP contribution < -0.4 is 5.32 Å². The van der Waals surface area contributed by atoms with Crippen LogP contribution in [0.1, 0.15) is 5.82 Å². The van der Waals surface area contributed by atoms with Gasteiger partial charge in [-0.2, -0.15) is 0 Å². The second-order valence-electron chi connectivity index (χ2n) is 3.58. The number of halogens is 1. The molecule has 1 atom stereocenters. The van der Waals surface area contributed by atoms with Gasteiger partial charge in [0, 0.05) is 25.3 Å². The molecule has 7 nitrogen and oxygen atoms in total. The summed E-state index contributed by atoms with van der Waals surface area (Å²) in [4.78, 5) is 14.1. The molecule has 1 rings (SSSR count). The number of nitro groups is 1. The summed E-state index contributed by atoms with van der Waals surface area (Å²) in [6.45, 7) is 2.96. The molecular formula is C9H15BrN4O3. The Morgan fingerprint density at radius 1 is 1.76 bits per heavy atom. The SMILES string of the molecule is Cc1ncc([N+](=O)[O-])n1CC(O)CNCCBr. The van der Waals surface area contributed by atoms with E-state index in [9.17, 15) is 15.2 Å². The minimum absolute atomic E-state index is 0.0953. The van der Waals surface area contributed by atoms with E-state index in [1.165, 1.54) is 10.8 Å². The number of imidazole rings is 1. The molecule has 0 aliphatic heterocycles. The Hall–Kier alpha value is -0.990. The molecule has 1 unspecified atom stereocenters. The first-order valence-electron chi connectivity index (χ1n) is 5.17. The summed E-state index contributed by atoms with van der Waals surface area (Å²) in [6.07, 6.45) is 0.522. The van der Waals surface area contributed by atoms with Crippen LogP contribution in [0.5, 0.6) is 0 Å². The van der Waals surface area contributed by atoms with Crippen molar-refractivity contribution < 1.29 is 10.0 Å². The van der Waals surface area contributed by atoms with Gasteiger partial charge in [-0.15, -0.1) is 0 Å². The minimum Gasteiger partial charge on any atom is -0.388 e. The summed E-state index contributed by atoms with van der Waals surface area (Å²) >= 11 is 3.25. The molecule has 0 amide bonds. The van der Waals surface area contributed by atoms with E-state index in [0.29, 0.717) is 12.4 Å². The Labute approximate surface area is 107 Å². The third-order valence-electron chi connectivity index (χ3n) is 2.27. The summed E-state index contributed by atoms with van der Waals surface area (Å²) in [5, 5.41) is 24.3. The monoisotopic (exact) mass is 306 g/mol. The molecule has 2 N–H and O–H groups in total. The molecule has 0 aromatic carbocycles. The van der Waals surface area contributed by atoms with Gasteiger partial charge in [0.05, 0.1) is 0 Å². The van der Waals surface area contributed by atoms with Crippen LogP contribution in [0.25, 0.3) is 0 Å². The topological polar surface area (TPSA) is 93.2 Å². The Balaban J connectivity index is 2.61. The van der Waals surface area contributed by atoms with Crippen molar-refractivity contribution in [3.63, 3.8) is 0 Å². The Kier molecular flexibility index (Phi) is 5.52. The molecule has 0 saturated carbocycles. The van der Waals surface area contributed by atoms with Crippen LogP contribution in [0.2, 0.25) is 0 Å². The molecule has 1 heterocycles. The number of nitrogens with zero attached hydrogens (tertiary/aromatic N) is 3. The fraction of sp³-hybridized carbons (Fsp3) is 0.667. The van der Waals surface area contributed by atoms with Crippen LogP contribution in [0.15, 0.2) is 6.20 Å². The summed E-state index contributed by atoms with van der Waals surface area (Å²) in [7, 11) is 0. The lowest BCUT2D eigenvalue weighted by Gasteiger charge is -2.10. The molecule has 0 bridgehead atoms. The highest BCUT2D eigenvalue weighted by Gasteiger charge is 2.20. The number of aryl methyl sites for hydroxylation is 1. The maximum absolute atomic E-state index is 10.7. The zero-order valence-electron chi connectivity index (χ0n) is 9.47. The zero-order chi connectivity index (χ0) is 12.8. The van der Waals surface area contributed by atoms with Gasteiger partial charge in [-0.1, -0.05) is 15.9 Å². The maximum atomic E-state index is 10.7. The van der Waals surface area contributed by atoms with Crippen molar-refractivity contribution in [2.45, 2.75) is 19.6 Å². The summed E-state index contributed by atoms with van der Waals surface area (Å²) in [5.74, 6) is 0.429. The predicted octanol–water partition coefficient (Wildman–Crippen LogP) is 0.445. The van der Waals surface area contributed by atoms with E-state index in [0.717, 1.165) is 11.9 Å². The van der Waals surface area contributed by atoms with Crippen LogP contribution in [-0.4, -0.2) is 44.1 Å². The molecule has 0 radical (unpaired) electrons. The standard InChI is InChI=1S/C9H15BrN4O3/c1-7-12-5-9(14(16)17)13(7)6-8(15)4-11-3-2-10/h5,8,11,15H,2-4,6H2,1H3. The lowest BCUT2D eigenvalue weighted by atomic mass is 10.3. The third-order valence-corrected chi connectivity index (χ3v) is 2.66. The van der Waals surface area contributed by atoms with E-state index in [-0.39, 0.29) is 12.4 Å². The van der Waals surface area contributed by atoms with Crippen LogP contribution in [0, 0.1) is 17.0 Å². The van der Waals surface area contributed by atoms with Gasteiger partial charge in [0.25, 0.3) is 0 Å². The van der Waals surface area contributed by atoms with E-state index in [1.54, 1.807) is 6.92 Å². The predicted molar refractivity (Wildman–Crippen MR) is 66.3 cm³/mol. The van der Waals surface area contributed by atoms with E-state index >= 15 is 0 Å². The molecule has 0 aliphatic carbocycles. The number of aliphatic hydroxyl groups is 1. The lowest BCUT2D eigenvalue weighted by Crippen LogP contribution is -2.31. The average Bonchev–Trinajstić information content (AvgIpc) is 2.61. The molecule has 1 aromatic rings. The van der Waals surface area contributed by atoms with Gasteiger partial charge in [0.2, 0.25) is 0 Å².